The summed E-state index contributed by atoms with van der Waals surface area (Å²) in [5.74, 6) is -0.128. The van der Waals surface area contributed by atoms with Crippen LogP contribution in [0.4, 0.5) is 4.79 Å². The number of rotatable bonds is 3. The van der Waals surface area contributed by atoms with Crippen LogP contribution in [0.25, 0.3) is 0 Å². The number of hydrogen-bond donors (Lipinski definition) is 1. The molecule has 0 aromatic carbocycles. The molecule has 6 nitrogen and oxygen atoms in total. The molecule has 0 unspecified atom stereocenters. The van der Waals surface area contributed by atoms with E-state index in [0.717, 1.165) is 24.1 Å². The monoisotopic (exact) mass is 339 g/mol. The van der Waals surface area contributed by atoms with E-state index < -0.39 is 5.60 Å². The quantitative estimate of drug-likeness (QED) is 0.919. The number of piperidine rings is 1. The third kappa shape index (κ3) is 5.20. The Hall–Kier alpha value is -1.63. The topological polar surface area (TPSA) is 71.5 Å². The molecule has 23 heavy (non-hydrogen) atoms. The summed E-state index contributed by atoms with van der Waals surface area (Å²) in [4.78, 5) is 27.0. The van der Waals surface area contributed by atoms with E-state index in [1.165, 1.54) is 11.5 Å². The number of amides is 2. The van der Waals surface area contributed by atoms with E-state index in [-0.39, 0.29) is 18.0 Å². The molecule has 0 atom stereocenters. The predicted octanol–water partition coefficient (Wildman–Crippen LogP) is 2.83. The van der Waals surface area contributed by atoms with Gasteiger partial charge in [-0.05, 0) is 57.6 Å². The highest BCUT2D eigenvalue weighted by Gasteiger charge is 2.27. The van der Waals surface area contributed by atoms with Crippen LogP contribution in [0.5, 0.6) is 0 Å². The normalized spacial score (nSPS) is 16.3. The first kappa shape index (κ1) is 17.7. The molecule has 1 N–H and O–H groups in total. The minimum Gasteiger partial charge on any atom is -0.444 e. The van der Waals surface area contributed by atoms with Gasteiger partial charge in [0.1, 0.15) is 11.3 Å². The summed E-state index contributed by atoms with van der Waals surface area (Å²) >= 11 is 1.37. The van der Waals surface area contributed by atoms with Crippen LogP contribution in [-0.4, -0.2) is 46.0 Å². The van der Waals surface area contributed by atoms with Gasteiger partial charge in [-0.3, -0.25) is 4.79 Å². The smallest absolute Gasteiger partial charge is 0.410 e. The first-order chi connectivity index (χ1) is 10.8. The van der Waals surface area contributed by atoms with E-state index in [2.05, 4.69) is 9.69 Å². The van der Waals surface area contributed by atoms with Crippen LogP contribution in [0.15, 0.2) is 6.07 Å². The van der Waals surface area contributed by atoms with Crippen LogP contribution in [0, 0.1) is 0 Å². The molecular formula is C16H25N3O3S. The lowest BCUT2D eigenvalue weighted by molar-refractivity contribution is 0.0199. The third-order valence-electron chi connectivity index (χ3n) is 3.62. The molecule has 1 aliphatic heterocycles. The highest BCUT2D eigenvalue weighted by molar-refractivity contribution is 7.05. The highest BCUT2D eigenvalue weighted by Crippen LogP contribution is 2.16. The minimum atomic E-state index is -0.482. The van der Waals surface area contributed by atoms with Gasteiger partial charge in [-0.25, -0.2) is 4.79 Å². The Kier molecular flexibility index (Phi) is 5.62. The summed E-state index contributed by atoms with van der Waals surface area (Å²) in [6.07, 6.45) is 2.07. The fourth-order valence-electron chi connectivity index (χ4n) is 2.38. The fourth-order valence-corrected chi connectivity index (χ4v) is 3.02. The van der Waals surface area contributed by atoms with E-state index in [1.807, 2.05) is 33.8 Å². The standard InChI is InChI=1S/C16H25N3O3S/c1-5-12-10-13(18-23-12)14(20)17-11-6-8-19(9-7-11)15(21)22-16(2,3)4/h10-11H,5-9H2,1-4H3,(H,17,20). The van der Waals surface area contributed by atoms with Gasteiger partial charge in [-0.2, -0.15) is 4.37 Å². The van der Waals surface area contributed by atoms with Crippen molar-refractivity contribution in [3.8, 4) is 0 Å². The van der Waals surface area contributed by atoms with E-state index in [0.29, 0.717) is 18.8 Å². The van der Waals surface area contributed by atoms with Crippen molar-refractivity contribution in [3.63, 3.8) is 0 Å². The Morgan fingerprint density at radius 2 is 2.04 bits per heavy atom. The Morgan fingerprint density at radius 1 is 1.39 bits per heavy atom. The Balaban J connectivity index is 1.80. The SMILES string of the molecule is CCc1cc(C(=O)NC2CCN(C(=O)OC(C)(C)C)CC2)ns1. The van der Waals surface area contributed by atoms with Crippen LogP contribution < -0.4 is 5.32 Å². The molecule has 0 bridgehead atoms. The summed E-state index contributed by atoms with van der Waals surface area (Å²) in [6, 6.07) is 1.92. The first-order valence-electron chi connectivity index (χ1n) is 8.03. The first-order valence-corrected chi connectivity index (χ1v) is 8.80. The molecule has 128 valence electrons. The van der Waals surface area contributed by atoms with E-state index in [9.17, 15) is 9.59 Å². The van der Waals surface area contributed by atoms with Gasteiger partial charge in [0.15, 0.2) is 0 Å². The number of aromatic nitrogens is 1. The molecule has 0 radical (unpaired) electrons. The molecule has 1 saturated heterocycles. The maximum atomic E-state index is 12.2. The molecule has 0 aliphatic carbocycles. The van der Waals surface area contributed by atoms with Crippen molar-refractivity contribution in [2.24, 2.45) is 0 Å². The molecule has 1 aromatic rings. The zero-order chi connectivity index (χ0) is 17.0. The maximum Gasteiger partial charge on any atom is 0.410 e. The van der Waals surface area contributed by atoms with Crippen molar-refractivity contribution in [2.75, 3.05) is 13.1 Å². The molecule has 0 spiro atoms. The van der Waals surface area contributed by atoms with Crippen molar-refractivity contribution in [1.29, 1.82) is 0 Å². The fraction of sp³-hybridized carbons (Fsp3) is 0.688. The second-order valence-electron chi connectivity index (χ2n) is 6.75. The van der Waals surface area contributed by atoms with Crippen LogP contribution in [0.2, 0.25) is 0 Å². The highest BCUT2D eigenvalue weighted by atomic mass is 32.1. The van der Waals surface area contributed by atoms with E-state index >= 15 is 0 Å². The van der Waals surface area contributed by atoms with Gasteiger partial charge in [0.05, 0.1) is 0 Å². The number of aryl methyl sites for hydroxylation is 1. The molecule has 0 saturated carbocycles. The van der Waals surface area contributed by atoms with Gasteiger partial charge < -0.3 is 15.0 Å². The van der Waals surface area contributed by atoms with E-state index in [4.69, 9.17) is 4.74 Å². The van der Waals surface area contributed by atoms with Crippen LogP contribution in [-0.2, 0) is 11.2 Å². The van der Waals surface area contributed by atoms with Gasteiger partial charge >= 0.3 is 6.09 Å². The second-order valence-corrected chi connectivity index (χ2v) is 7.64. The molecule has 1 aromatic heterocycles. The summed E-state index contributed by atoms with van der Waals surface area (Å²) in [5, 5.41) is 3.01. The number of nitrogens with one attached hydrogen (secondary N) is 1. The minimum absolute atomic E-state index is 0.0768. The third-order valence-corrected chi connectivity index (χ3v) is 4.55. The van der Waals surface area contributed by atoms with Crippen LogP contribution in [0.1, 0.15) is 55.9 Å². The molecular weight excluding hydrogens is 314 g/mol. The molecule has 1 fully saturated rings. The zero-order valence-electron chi connectivity index (χ0n) is 14.2. The number of carbonyl (C=O) groups excluding carboxylic acids is 2. The number of carbonyl (C=O) groups is 2. The lowest BCUT2D eigenvalue weighted by Gasteiger charge is -2.33. The number of nitrogens with zero attached hydrogens (tertiary/aromatic N) is 2. The summed E-state index contributed by atoms with van der Waals surface area (Å²) in [5.41, 5.74) is 0.00504. The zero-order valence-corrected chi connectivity index (χ0v) is 15.0. The summed E-state index contributed by atoms with van der Waals surface area (Å²) in [7, 11) is 0. The van der Waals surface area contributed by atoms with Gasteiger partial charge in [-0.15, -0.1) is 0 Å². The van der Waals surface area contributed by atoms with Crippen molar-refractivity contribution in [1.82, 2.24) is 14.6 Å². The van der Waals surface area contributed by atoms with Crippen molar-refractivity contribution in [2.45, 2.75) is 58.6 Å². The van der Waals surface area contributed by atoms with Crippen molar-refractivity contribution < 1.29 is 14.3 Å². The summed E-state index contributed by atoms with van der Waals surface area (Å²) in [6.45, 7) is 8.80. The van der Waals surface area contributed by atoms with Gasteiger partial charge in [0.2, 0.25) is 0 Å². The molecule has 7 heteroatoms. The number of likely N-dealkylation sites (tertiary alicyclic amines) is 1. The maximum absolute atomic E-state index is 12.2. The van der Waals surface area contributed by atoms with Gasteiger partial charge in [-0.1, -0.05) is 6.92 Å². The van der Waals surface area contributed by atoms with E-state index in [1.54, 1.807) is 4.90 Å². The van der Waals surface area contributed by atoms with Crippen molar-refractivity contribution in [3.05, 3.63) is 16.6 Å². The number of ether oxygens (including phenoxy) is 1. The molecule has 2 rings (SSSR count). The molecule has 1 aliphatic rings. The van der Waals surface area contributed by atoms with Crippen LogP contribution in [0.3, 0.4) is 0 Å². The van der Waals surface area contributed by atoms with Crippen molar-refractivity contribution >= 4 is 23.5 Å². The van der Waals surface area contributed by atoms with Gasteiger partial charge in [0.25, 0.3) is 5.91 Å². The largest absolute Gasteiger partial charge is 0.444 e. The average molecular weight is 339 g/mol. The Bertz CT molecular complexity index is 557. The lowest BCUT2D eigenvalue weighted by Crippen LogP contribution is -2.47. The molecule has 2 heterocycles. The molecule has 2 amide bonds. The Morgan fingerprint density at radius 3 is 2.57 bits per heavy atom. The average Bonchev–Trinajstić information content (AvgIpc) is 2.95. The second kappa shape index (κ2) is 7.29. The van der Waals surface area contributed by atoms with Gasteiger partial charge in [0, 0.05) is 24.0 Å². The summed E-state index contributed by atoms with van der Waals surface area (Å²) < 4.78 is 9.55. The number of hydrogen-bond acceptors (Lipinski definition) is 5. The van der Waals surface area contributed by atoms with Crippen LogP contribution >= 0.6 is 11.5 Å². The predicted molar refractivity (Wildman–Crippen MR) is 89.8 cm³/mol. The lowest BCUT2D eigenvalue weighted by atomic mass is 10.1. The Labute approximate surface area is 141 Å².